The molecular weight excluding hydrogens is 356 g/mol. The Balaban J connectivity index is 1.70. The molecule has 0 radical (unpaired) electrons. The zero-order valence-electron chi connectivity index (χ0n) is 15.3. The summed E-state index contributed by atoms with van der Waals surface area (Å²) < 4.78 is 0. The van der Waals surface area contributed by atoms with Gasteiger partial charge >= 0.3 is 0 Å². The maximum atomic E-state index is 5.35. The second-order valence-electron chi connectivity index (χ2n) is 7.14. The number of rotatable bonds is 4. The molecule has 1 aliphatic heterocycles. The minimum atomic E-state index is 0.551. The molecule has 0 amide bonds. The molecule has 0 saturated carbocycles. The Bertz CT molecular complexity index is 966. The van der Waals surface area contributed by atoms with Gasteiger partial charge in [-0.1, -0.05) is 25.2 Å². The van der Waals surface area contributed by atoms with Crippen LogP contribution in [0.3, 0.4) is 0 Å². The number of benzene rings is 1. The predicted octanol–water partition coefficient (Wildman–Crippen LogP) is 3.11. The van der Waals surface area contributed by atoms with E-state index in [1.165, 1.54) is 12.8 Å². The third-order valence-electron chi connectivity index (χ3n) is 5.12. The second-order valence-corrected chi connectivity index (χ2v) is 7.54. The lowest BCUT2D eigenvalue weighted by Gasteiger charge is -2.32. The number of hydrazine groups is 2. The van der Waals surface area contributed by atoms with Crippen LogP contribution < -0.4 is 21.7 Å². The summed E-state index contributed by atoms with van der Waals surface area (Å²) in [6.45, 7) is 4.45. The summed E-state index contributed by atoms with van der Waals surface area (Å²) in [4.78, 5) is 11.2. The number of nitrogens with two attached hydrogens (primary N) is 1. The monoisotopic (exact) mass is 380 g/mol. The number of piperidine rings is 1. The number of nitrogens with zero attached hydrogens (tertiary/aromatic N) is 2. The molecule has 3 heterocycles. The zero-order chi connectivity index (χ0) is 18.8. The molecular formula is C20H24N6S. The Morgan fingerprint density at radius 1 is 1.33 bits per heavy atom. The van der Waals surface area contributed by atoms with Gasteiger partial charge in [-0.15, -0.1) is 0 Å². The van der Waals surface area contributed by atoms with Gasteiger partial charge in [-0.05, 0) is 49.1 Å². The van der Waals surface area contributed by atoms with E-state index in [2.05, 4.69) is 52.0 Å². The number of hydrogen-bond acceptors (Lipinski definition) is 5. The standard InChI is InChI=1S/C20H24N6S/c1-13-4-3-9-26(12-13)19-6-2-5-18(23-19)16-11-22-17-8-7-14(10-15(16)17)20(27)24-25-21/h2,5-8,10-11,13,22,25H,3-4,9,12,21H2,1H3,(H,24,27). The first-order valence-corrected chi connectivity index (χ1v) is 9.66. The number of fused-ring (bicyclic) bond motifs is 1. The van der Waals surface area contributed by atoms with Gasteiger partial charge in [-0.25, -0.2) is 4.98 Å². The summed E-state index contributed by atoms with van der Waals surface area (Å²) in [5, 5.41) is 1.09. The van der Waals surface area contributed by atoms with Crippen LogP contribution in [0.25, 0.3) is 22.2 Å². The molecule has 6 nitrogen and oxygen atoms in total. The number of nitrogens with one attached hydrogen (secondary N) is 3. The largest absolute Gasteiger partial charge is 0.360 e. The minimum absolute atomic E-state index is 0.551. The van der Waals surface area contributed by atoms with Crippen molar-refractivity contribution in [2.24, 2.45) is 11.8 Å². The van der Waals surface area contributed by atoms with Crippen LogP contribution >= 0.6 is 12.2 Å². The fourth-order valence-electron chi connectivity index (χ4n) is 3.76. The average molecular weight is 381 g/mol. The molecule has 5 N–H and O–H groups in total. The summed E-state index contributed by atoms with van der Waals surface area (Å²) in [5.41, 5.74) is 9.13. The molecule has 2 aromatic heterocycles. The molecule has 27 heavy (non-hydrogen) atoms. The molecule has 0 bridgehead atoms. The first kappa shape index (κ1) is 17.9. The maximum absolute atomic E-state index is 5.35. The third-order valence-corrected chi connectivity index (χ3v) is 5.46. The molecule has 1 fully saturated rings. The Kier molecular flexibility index (Phi) is 5.07. The van der Waals surface area contributed by atoms with E-state index < -0.39 is 0 Å². The van der Waals surface area contributed by atoms with Gasteiger partial charge in [0.15, 0.2) is 0 Å². The van der Waals surface area contributed by atoms with Crippen molar-refractivity contribution in [1.82, 2.24) is 20.9 Å². The van der Waals surface area contributed by atoms with Gasteiger partial charge in [-0.2, -0.15) is 5.53 Å². The van der Waals surface area contributed by atoms with Crippen molar-refractivity contribution in [2.75, 3.05) is 18.0 Å². The Hall–Kier alpha value is -2.48. The minimum Gasteiger partial charge on any atom is -0.360 e. The van der Waals surface area contributed by atoms with Crippen molar-refractivity contribution >= 4 is 33.9 Å². The number of anilines is 1. The quantitative estimate of drug-likeness (QED) is 0.316. The topological polar surface area (TPSA) is 82.0 Å². The van der Waals surface area contributed by atoms with E-state index in [9.17, 15) is 0 Å². The smallest absolute Gasteiger partial charge is 0.129 e. The number of thiocarbonyl (C=S) groups is 1. The van der Waals surface area contributed by atoms with Crippen LogP contribution in [0.15, 0.2) is 42.6 Å². The molecule has 3 aromatic rings. The van der Waals surface area contributed by atoms with Crippen LogP contribution in [-0.4, -0.2) is 28.0 Å². The van der Waals surface area contributed by atoms with Gasteiger partial charge < -0.3 is 9.88 Å². The highest BCUT2D eigenvalue weighted by Gasteiger charge is 2.18. The lowest BCUT2D eigenvalue weighted by Crippen LogP contribution is -2.41. The van der Waals surface area contributed by atoms with E-state index in [4.69, 9.17) is 23.0 Å². The number of H-pyrrole nitrogens is 1. The van der Waals surface area contributed by atoms with Crippen molar-refractivity contribution in [1.29, 1.82) is 0 Å². The van der Waals surface area contributed by atoms with Gasteiger partial charge in [0.25, 0.3) is 0 Å². The summed E-state index contributed by atoms with van der Waals surface area (Å²) in [6.07, 6.45) is 4.53. The van der Waals surface area contributed by atoms with Gasteiger partial charge in [0.05, 0.1) is 5.69 Å². The molecule has 140 valence electrons. The normalized spacial score (nSPS) is 17.3. The van der Waals surface area contributed by atoms with Crippen LogP contribution in [0.5, 0.6) is 0 Å². The molecule has 0 aliphatic carbocycles. The molecule has 1 saturated heterocycles. The Morgan fingerprint density at radius 3 is 3.04 bits per heavy atom. The SMILES string of the molecule is CC1CCCN(c2cccc(-c3c[nH]c4ccc(C(=S)NNN)cc34)n2)C1. The summed E-state index contributed by atoms with van der Waals surface area (Å²) in [7, 11) is 0. The molecule has 1 atom stereocenters. The van der Waals surface area contributed by atoms with Crippen LogP contribution in [0.2, 0.25) is 0 Å². The first-order valence-electron chi connectivity index (χ1n) is 9.25. The number of pyridine rings is 1. The van der Waals surface area contributed by atoms with Gasteiger partial charge in [0.2, 0.25) is 0 Å². The van der Waals surface area contributed by atoms with Crippen molar-refractivity contribution in [3.63, 3.8) is 0 Å². The Morgan fingerprint density at radius 2 is 2.22 bits per heavy atom. The van der Waals surface area contributed by atoms with Crippen molar-refractivity contribution in [3.8, 4) is 11.3 Å². The average Bonchev–Trinajstić information content (AvgIpc) is 3.11. The number of aromatic nitrogens is 2. The second kappa shape index (κ2) is 7.64. The Labute approximate surface area is 164 Å². The molecule has 1 unspecified atom stereocenters. The summed E-state index contributed by atoms with van der Waals surface area (Å²) in [5.74, 6) is 7.07. The van der Waals surface area contributed by atoms with Crippen molar-refractivity contribution in [3.05, 3.63) is 48.2 Å². The van der Waals surface area contributed by atoms with Gasteiger partial charge in [0, 0.05) is 41.3 Å². The van der Waals surface area contributed by atoms with E-state index in [1.807, 2.05) is 18.3 Å². The van der Waals surface area contributed by atoms with Gasteiger partial charge in [0.1, 0.15) is 10.8 Å². The molecule has 1 aliphatic rings. The highest BCUT2D eigenvalue weighted by Crippen LogP contribution is 2.30. The van der Waals surface area contributed by atoms with E-state index in [0.29, 0.717) is 10.9 Å². The molecule has 1 aromatic carbocycles. The van der Waals surface area contributed by atoms with E-state index in [1.54, 1.807) is 0 Å². The maximum Gasteiger partial charge on any atom is 0.129 e. The fraction of sp³-hybridized carbons (Fsp3) is 0.300. The number of hydrogen-bond donors (Lipinski definition) is 4. The van der Waals surface area contributed by atoms with E-state index in [-0.39, 0.29) is 0 Å². The van der Waals surface area contributed by atoms with Crippen LogP contribution in [0.4, 0.5) is 5.82 Å². The highest BCUT2D eigenvalue weighted by atomic mass is 32.1. The third kappa shape index (κ3) is 3.66. The fourth-order valence-corrected chi connectivity index (χ4v) is 3.94. The van der Waals surface area contributed by atoms with Crippen LogP contribution in [-0.2, 0) is 0 Å². The van der Waals surface area contributed by atoms with E-state index >= 15 is 0 Å². The highest BCUT2D eigenvalue weighted by molar-refractivity contribution is 7.80. The first-order chi connectivity index (χ1) is 13.2. The molecule has 0 spiro atoms. The zero-order valence-corrected chi connectivity index (χ0v) is 16.1. The van der Waals surface area contributed by atoms with Crippen molar-refractivity contribution < 1.29 is 0 Å². The molecule has 4 rings (SSSR count). The van der Waals surface area contributed by atoms with Crippen molar-refractivity contribution in [2.45, 2.75) is 19.8 Å². The summed E-state index contributed by atoms with van der Waals surface area (Å²) >= 11 is 5.35. The predicted molar refractivity (Wildman–Crippen MR) is 114 cm³/mol. The molecule has 7 heteroatoms. The van der Waals surface area contributed by atoms with Crippen LogP contribution in [0.1, 0.15) is 25.3 Å². The van der Waals surface area contributed by atoms with Gasteiger partial charge in [-0.3, -0.25) is 11.3 Å². The summed E-state index contributed by atoms with van der Waals surface area (Å²) in [6, 6.07) is 12.3. The number of aromatic amines is 1. The van der Waals surface area contributed by atoms with Crippen LogP contribution in [0, 0.1) is 5.92 Å². The van der Waals surface area contributed by atoms with E-state index in [0.717, 1.165) is 46.6 Å². The lowest BCUT2D eigenvalue weighted by atomic mass is 10.0. The lowest BCUT2D eigenvalue weighted by molar-refractivity contribution is 0.444.